The van der Waals surface area contributed by atoms with Crippen molar-refractivity contribution in [3.8, 4) is 5.69 Å². The number of para-hydroxylation sites is 1. The molecular formula is C13H16N2O. The second-order valence-corrected chi connectivity index (χ2v) is 4.12. The van der Waals surface area contributed by atoms with Crippen LogP contribution in [0.15, 0.2) is 36.4 Å². The third kappa shape index (κ3) is 1.99. The fourth-order valence-electron chi connectivity index (χ4n) is 1.63. The van der Waals surface area contributed by atoms with E-state index in [-0.39, 0.29) is 6.61 Å². The molecule has 0 amide bonds. The van der Waals surface area contributed by atoms with Gasteiger partial charge in [-0.25, -0.2) is 4.68 Å². The van der Waals surface area contributed by atoms with Crippen LogP contribution >= 0.6 is 0 Å². The highest BCUT2D eigenvalue weighted by atomic mass is 16.3. The van der Waals surface area contributed by atoms with Crippen LogP contribution in [0.1, 0.15) is 31.2 Å². The van der Waals surface area contributed by atoms with E-state index < -0.39 is 0 Å². The zero-order valence-electron chi connectivity index (χ0n) is 9.59. The first-order valence-electron chi connectivity index (χ1n) is 5.47. The molecule has 0 radical (unpaired) electrons. The lowest BCUT2D eigenvalue weighted by Gasteiger charge is -2.04. The summed E-state index contributed by atoms with van der Waals surface area (Å²) in [6, 6.07) is 11.8. The Hall–Kier alpha value is -1.61. The Morgan fingerprint density at radius 2 is 1.94 bits per heavy atom. The summed E-state index contributed by atoms with van der Waals surface area (Å²) in [4.78, 5) is 0. The van der Waals surface area contributed by atoms with E-state index in [2.05, 4.69) is 18.9 Å². The van der Waals surface area contributed by atoms with Crippen LogP contribution in [0.4, 0.5) is 0 Å². The van der Waals surface area contributed by atoms with Crippen LogP contribution < -0.4 is 0 Å². The van der Waals surface area contributed by atoms with E-state index in [9.17, 15) is 5.11 Å². The highest BCUT2D eigenvalue weighted by Crippen LogP contribution is 2.18. The lowest BCUT2D eigenvalue weighted by Crippen LogP contribution is -2.02. The smallest absolute Gasteiger partial charge is 0.0854 e. The van der Waals surface area contributed by atoms with Gasteiger partial charge in [0.15, 0.2) is 0 Å². The Bertz CT molecular complexity index is 460. The number of aliphatic hydroxyl groups excluding tert-OH is 1. The van der Waals surface area contributed by atoms with Gasteiger partial charge in [-0.15, -0.1) is 0 Å². The molecule has 0 spiro atoms. The van der Waals surface area contributed by atoms with Crippen molar-refractivity contribution < 1.29 is 5.11 Å². The van der Waals surface area contributed by atoms with Gasteiger partial charge < -0.3 is 5.11 Å². The summed E-state index contributed by atoms with van der Waals surface area (Å²) in [5.74, 6) is 0.371. The summed E-state index contributed by atoms with van der Waals surface area (Å²) < 4.78 is 1.80. The van der Waals surface area contributed by atoms with Gasteiger partial charge in [-0.3, -0.25) is 0 Å². The van der Waals surface area contributed by atoms with Gasteiger partial charge in [0, 0.05) is 0 Å². The zero-order valence-corrected chi connectivity index (χ0v) is 9.59. The van der Waals surface area contributed by atoms with Crippen molar-refractivity contribution >= 4 is 0 Å². The molecule has 1 aromatic heterocycles. The minimum absolute atomic E-state index is 0.00855. The van der Waals surface area contributed by atoms with Gasteiger partial charge in [-0.05, 0) is 24.1 Å². The van der Waals surface area contributed by atoms with Gasteiger partial charge in [0.1, 0.15) is 0 Å². The maximum Gasteiger partial charge on any atom is 0.0854 e. The maximum atomic E-state index is 9.31. The van der Waals surface area contributed by atoms with Crippen LogP contribution in [-0.2, 0) is 6.61 Å². The van der Waals surface area contributed by atoms with Gasteiger partial charge in [0.25, 0.3) is 0 Å². The SMILES string of the molecule is CC(C)c1cc(CO)n(-c2ccccc2)n1. The van der Waals surface area contributed by atoms with Crippen molar-refractivity contribution in [2.75, 3.05) is 0 Å². The Balaban J connectivity index is 2.48. The topological polar surface area (TPSA) is 38.0 Å². The third-order valence-electron chi connectivity index (χ3n) is 2.56. The van der Waals surface area contributed by atoms with Crippen molar-refractivity contribution in [2.24, 2.45) is 0 Å². The molecule has 2 aromatic rings. The summed E-state index contributed by atoms with van der Waals surface area (Å²) in [5.41, 5.74) is 2.82. The summed E-state index contributed by atoms with van der Waals surface area (Å²) in [5, 5.41) is 13.8. The molecular weight excluding hydrogens is 200 g/mol. The highest BCUT2D eigenvalue weighted by Gasteiger charge is 2.10. The van der Waals surface area contributed by atoms with Crippen LogP contribution in [0.25, 0.3) is 5.69 Å². The normalized spacial score (nSPS) is 11.0. The second kappa shape index (κ2) is 4.49. The van der Waals surface area contributed by atoms with Crippen LogP contribution in [-0.4, -0.2) is 14.9 Å². The standard InChI is InChI=1S/C13H16N2O/c1-10(2)13-8-12(9-16)15(14-13)11-6-4-3-5-7-11/h3-8,10,16H,9H2,1-2H3. The molecule has 0 saturated heterocycles. The van der Waals surface area contributed by atoms with Crippen molar-refractivity contribution in [1.29, 1.82) is 0 Å². The number of aromatic nitrogens is 2. The summed E-state index contributed by atoms with van der Waals surface area (Å²) in [7, 11) is 0. The lowest BCUT2D eigenvalue weighted by atomic mass is 10.1. The lowest BCUT2D eigenvalue weighted by molar-refractivity contribution is 0.273. The molecule has 1 heterocycles. The number of nitrogens with zero attached hydrogens (tertiary/aromatic N) is 2. The van der Waals surface area contributed by atoms with E-state index in [4.69, 9.17) is 0 Å². The van der Waals surface area contributed by atoms with Gasteiger partial charge in [-0.2, -0.15) is 5.10 Å². The highest BCUT2D eigenvalue weighted by molar-refractivity contribution is 5.33. The number of benzene rings is 1. The predicted molar refractivity (Wildman–Crippen MR) is 63.6 cm³/mol. The Kier molecular flexibility index (Phi) is 3.06. The molecule has 0 aliphatic heterocycles. The minimum atomic E-state index is 0.00855. The van der Waals surface area contributed by atoms with Crippen molar-refractivity contribution in [3.05, 3.63) is 47.8 Å². The van der Waals surface area contributed by atoms with E-state index in [1.807, 2.05) is 36.4 Å². The monoisotopic (exact) mass is 216 g/mol. The summed E-state index contributed by atoms with van der Waals surface area (Å²) >= 11 is 0. The quantitative estimate of drug-likeness (QED) is 0.856. The Labute approximate surface area is 95.3 Å². The first-order valence-corrected chi connectivity index (χ1v) is 5.47. The second-order valence-electron chi connectivity index (χ2n) is 4.12. The third-order valence-corrected chi connectivity index (χ3v) is 2.56. The molecule has 0 aliphatic rings. The zero-order chi connectivity index (χ0) is 11.5. The van der Waals surface area contributed by atoms with Crippen molar-refractivity contribution in [2.45, 2.75) is 26.4 Å². The van der Waals surface area contributed by atoms with E-state index in [1.54, 1.807) is 4.68 Å². The van der Waals surface area contributed by atoms with E-state index in [0.29, 0.717) is 5.92 Å². The molecule has 2 rings (SSSR count). The van der Waals surface area contributed by atoms with Gasteiger partial charge in [0.2, 0.25) is 0 Å². The predicted octanol–water partition coefficient (Wildman–Crippen LogP) is 2.49. The van der Waals surface area contributed by atoms with E-state index >= 15 is 0 Å². The molecule has 0 atom stereocenters. The number of hydrogen-bond acceptors (Lipinski definition) is 2. The summed E-state index contributed by atoms with van der Waals surface area (Å²) in [6.07, 6.45) is 0. The number of aliphatic hydroxyl groups is 1. The number of hydrogen-bond donors (Lipinski definition) is 1. The summed E-state index contributed by atoms with van der Waals surface area (Å²) in [6.45, 7) is 4.20. The van der Waals surface area contributed by atoms with Crippen LogP contribution in [0, 0.1) is 0 Å². The molecule has 0 fully saturated rings. The maximum absolute atomic E-state index is 9.31. The first-order chi connectivity index (χ1) is 7.72. The van der Waals surface area contributed by atoms with Crippen molar-refractivity contribution in [3.63, 3.8) is 0 Å². The molecule has 3 nitrogen and oxygen atoms in total. The van der Waals surface area contributed by atoms with E-state index in [1.165, 1.54) is 0 Å². The van der Waals surface area contributed by atoms with Gasteiger partial charge in [0.05, 0.1) is 23.7 Å². The average molecular weight is 216 g/mol. The molecule has 16 heavy (non-hydrogen) atoms. The molecule has 1 aromatic carbocycles. The molecule has 0 unspecified atom stereocenters. The largest absolute Gasteiger partial charge is 0.390 e. The Morgan fingerprint density at radius 3 is 2.50 bits per heavy atom. The molecule has 0 saturated carbocycles. The van der Waals surface area contributed by atoms with Gasteiger partial charge >= 0.3 is 0 Å². The molecule has 84 valence electrons. The van der Waals surface area contributed by atoms with Crippen LogP contribution in [0.2, 0.25) is 0 Å². The molecule has 1 N–H and O–H groups in total. The van der Waals surface area contributed by atoms with Crippen LogP contribution in [0.5, 0.6) is 0 Å². The van der Waals surface area contributed by atoms with Crippen molar-refractivity contribution in [1.82, 2.24) is 9.78 Å². The fraction of sp³-hybridized carbons (Fsp3) is 0.308. The first kappa shape index (κ1) is 10.9. The van der Waals surface area contributed by atoms with Crippen LogP contribution in [0.3, 0.4) is 0 Å². The molecule has 3 heteroatoms. The average Bonchev–Trinajstić information content (AvgIpc) is 2.74. The minimum Gasteiger partial charge on any atom is -0.390 e. The van der Waals surface area contributed by atoms with E-state index in [0.717, 1.165) is 17.1 Å². The Morgan fingerprint density at radius 1 is 1.25 bits per heavy atom. The molecule has 0 aliphatic carbocycles. The number of rotatable bonds is 3. The van der Waals surface area contributed by atoms with Gasteiger partial charge in [-0.1, -0.05) is 32.0 Å². The molecule has 0 bridgehead atoms. The fourth-order valence-corrected chi connectivity index (χ4v) is 1.63.